The normalized spacial score (nSPS) is 16.1. The van der Waals surface area contributed by atoms with Crippen molar-refractivity contribution in [1.82, 2.24) is 19.9 Å². The second-order valence-electron chi connectivity index (χ2n) is 20.3. The minimum Gasteiger partial charge on any atom is -0.314 e. The fourth-order valence-corrected chi connectivity index (χ4v) is 9.81. The molecule has 0 N–H and O–H groups in total. The van der Waals surface area contributed by atoms with Crippen molar-refractivity contribution in [1.29, 1.82) is 0 Å². The van der Waals surface area contributed by atoms with E-state index in [1.54, 1.807) is 0 Å². The topological polar surface area (TPSA) is 64.5 Å². The van der Waals surface area contributed by atoms with Gasteiger partial charge >= 0.3 is 0 Å². The number of aromatic nitrogens is 4. The van der Waals surface area contributed by atoms with Crippen LogP contribution in [-0.2, 0) is 62.2 Å². The largest absolute Gasteiger partial charge is 0.314 e. The Balaban J connectivity index is 1.57. The van der Waals surface area contributed by atoms with E-state index in [1.165, 1.54) is 33.9 Å². The van der Waals surface area contributed by atoms with E-state index >= 15 is 0 Å². The first kappa shape index (κ1) is 46.8. The van der Waals surface area contributed by atoms with Gasteiger partial charge in [-0.3, -0.25) is 19.9 Å². The van der Waals surface area contributed by atoms with Gasteiger partial charge in [0.1, 0.15) is 0 Å². The molecule has 6 aromatic rings. The van der Waals surface area contributed by atoms with E-state index in [1.807, 2.05) is 0 Å². The highest BCUT2D eigenvalue weighted by Crippen LogP contribution is 2.57. The standard InChI is InChI=1S/C58H74N8/c1-15-39-29-47(30-40(16-2)59-39)63-51-25-23-37(57(9,10)11)27-53(51)65(49-33-43(19-5)61-44(20-6)34-49)55(63)56-64(48-31-41(17-3)60-42(18-4)32-48)52-26-24-38(58(12,13)14)28-54(52)66(56)50-35-45(21-7)62-46(22-8)36-50/h23-36,55-56H,15-22H2,1-14H3. The van der Waals surface area contributed by atoms with Gasteiger partial charge in [0.25, 0.3) is 0 Å². The number of benzene rings is 2. The Morgan fingerprint density at radius 1 is 0.318 bits per heavy atom. The van der Waals surface area contributed by atoms with Crippen LogP contribution in [-0.4, -0.2) is 32.3 Å². The Morgan fingerprint density at radius 3 is 0.727 bits per heavy atom. The Hall–Kier alpha value is -5.76. The number of pyridine rings is 4. The van der Waals surface area contributed by atoms with Gasteiger partial charge in [0.15, 0.2) is 12.3 Å². The molecule has 0 fully saturated rings. The molecule has 8 heteroatoms. The first-order valence-corrected chi connectivity index (χ1v) is 25.0. The molecule has 0 saturated heterocycles. The number of aryl methyl sites for hydroxylation is 8. The summed E-state index contributed by atoms with van der Waals surface area (Å²) >= 11 is 0. The van der Waals surface area contributed by atoms with Crippen molar-refractivity contribution in [3.8, 4) is 0 Å². The zero-order chi connectivity index (χ0) is 47.2. The molecule has 2 aliphatic rings. The summed E-state index contributed by atoms with van der Waals surface area (Å²) < 4.78 is 0. The van der Waals surface area contributed by atoms with Gasteiger partial charge in [0, 0.05) is 68.3 Å². The van der Waals surface area contributed by atoms with Crippen molar-refractivity contribution < 1.29 is 0 Å². The lowest BCUT2D eigenvalue weighted by Gasteiger charge is -2.45. The Bertz CT molecular complexity index is 2450. The smallest absolute Gasteiger partial charge is 0.151 e. The molecular formula is C58H74N8. The second-order valence-corrected chi connectivity index (χ2v) is 20.3. The molecule has 6 heterocycles. The molecule has 0 spiro atoms. The third-order valence-corrected chi connectivity index (χ3v) is 13.7. The molecule has 66 heavy (non-hydrogen) atoms. The van der Waals surface area contributed by atoms with Crippen LogP contribution in [0.1, 0.15) is 154 Å². The van der Waals surface area contributed by atoms with Crippen molar-refractivity contribution in [2.75, 3.05) is 19.6 Å². The van der Waals surface area contributed by atoms with Crippen LogP contribution in [0.15, 0.2) is 84.9 Å². The van der Waals surface area contributed by atoms with Crippen LogP contribution in [0.2, 0.25) is 0 Å². The highest BCUT2D eigenvalue weighted by molar-refractivity contribution is 5.95. The van der Waals surface area contributed by atoms with Crippen LogP contribution in [0, 0.1) is 0 Å². The molecule has 0 saturated carbocycles. The minimum atomic E-state index is -0.305. The quantitative estimate of drug-likeness (QED) is 0.114. The van der Waals surface area contributed by atoms with Gasteiger partial charge in [-0.05, 0) is 146 Å². The minimum absolute atomic E-state index is 0.0776. The summed E-state index contributed by atoms with van der Waals surface area (Å²) in [5.74, 6) is 0. The molecule has 346 valence electrons. The van der Waals surface area contributed by atoms with Gasteiger partial charge in [0.05, 0.1) is 22.7 Å². The third kappa shape index (κ3) is 8.68. The summed E-state index contributed by atoms with van der Waals surface area (Å²) in [5.41, 5.74) is 20.6. The molecule has 2 atom stereocenters. The van der Waals surface area contributed by atoms with E-state index in [-0.39, 0.29) is 23.2 Å². The van der Waals surface area contributed by atoms with Gasteiger partial charge in [-0.25, -0.2) is 0 Å². The van der Waals surface area contributed by atoms with Gasteiger partial charge in [0.2, 0.25) is 0 Å². The van der Waals surface area contributed by atoms with E-state index in [9.17, 15) is 0 Å². The zero-order valence-corrected chi connectivity index (χ0v) is 42.5. The van der Waals surface area contributed by atoms with E-state index in [0.717, 1.165) is 120 Å². The maximum absolute atomic E-state index is 5.18. The SMILES string of the molecule is CCc1cc(N2c3ccc(C(C)(C)C)cc3N(c3cc(CC)nc(CC)c3)C2C2N(c3cc(CC)nc(CC)c3)c3ccc(C(C)(C)C)cc3N2c2cc(CC)nc(CC)c2)cc(CC)n1. The Morgan fingerprint density at radius 2 is 0.530 bits per heavy atom. The molecule has 0 amide bonds. The maximum atomic E-state index is 5.18. The number of fused-ring (bicyclic) bond motifs is 2. The summed E-state index contributed by atoms with van der Waals surface area (Å²) in [6.45, 7) is 31.8. The third-order valence-electron chi connectivity index (χ3n) is 13.7. The lowest BCUT2D eigenvalue weighted by Crippen LogP contribution is -2.58. The van der Waals surface area contributed by atoms with Crippen LogP contribution in [0.25, 0.3) is 0 Å². The maximum Gasteiger partial charge on any atom is 0.151 e. The fourth-order valence-electron chi connectivity index (χ4n) is 9.81. The summed E-state index contributed by atoms with van der Waals surface area (Å²) in [6, 6.07) is 33.3. The van der Waals surface area contributed by atoms with Crippen LogP contribution < -0.4 is 19.6 Å². The number of nitrogens with zero attached hydrogens (tertiary/aromatic N) is 8. The van der Waals surface area contributed by atoms with Crippen molar-refractivity contribution in [2.24, 2.45) is 0 Å². The Kier molecular flexibility index (Phi) is 13.1. The van der Waals surface area contributed by atoms with Gasteiger partial charge < -0.3 is 19.6 Å². The monoisotopic (exact) mass is 883 g/mol. The molecule has 2 aliphatic heterocycles. The van der Waals surface area contributed by atoms with Crippen molar-refractivity contribution in [3.63, 3.8) is 0 Å². The highest BCUT2D eigenvalue weighted by Gasteiger charge is 2.52. The van der Waals surface area contributed by atoms with Crippen LogP contribution in [0.4, 0.5) is 45.5 Å². The number of hydrogen-bond donors (Lipinski definition) is 0. The molecule has 2 aromatic carbocycles. The van der Waals surface area contributed by atoms with Crippen LogP contribution in [0.3, 0.4) is 0 Å². The average molecular weight is 883 g/mol. The molecule has 0 radical (unpaired) electrons. The fraction of sp³-hybridized carbons (Fsp3) is 0.448. The number of rotatable bonds is 13. The first-order chi connectivity index (χ1) is 31.6. The lowest BCUT2D eigenvalue weighted by atomic mass is 9.86. The summed E-state index contributed by atoms with van der Waals surface area (Å²) in [7, 11) is 0. The van der Waals surface area contributed by atoms with E-state index in [0.29, 0.717) is 0 Å². The van der Waals surface area contributed by atoms with Gasteiger partial charge in [-0.2, -0.15) is 0 Å². The number of hydrogen-bond acceptors (Lipinski definition) is 8. The lowest BCUT2D eigenvalue weighted by molar-refractivity contribution is 0.547. The first-order valence-electron chi connectivity index (χ1n) is 25.0. The Labute approximate surface area is 396 Å². The zero-order valence-electron chi connectivity index (χ0n) is 42.5. The summed E-state index contributed by atoms with van der Waals surface area (Å²) in [6.07, 6.45) is 6.16. The molecule has 4 aromatic heterocycles. The van der Waals surface area contributed by atoms with Crippen molar-refractivity contribution in [3.05, 3.63) is 142 Å². The predicted octanol–water partition coefficient (Wildman–Crippen LogP) is 14.3. The predicted molar refractivity (Wildman–Crippen MR) is 278 cm³/mol. The molecule has 0 bridgehead atoms. The second kappa shape index (κ2) is 18.5. The van der Waals surface area contributed by atoms with E-state index in [4.69, 9.17) is 19.9 Å². The van der Waals surface area contributed by atoms with Gasteiger partial charge in [-0.15, -0.1) is 0 Å². The average Bonchev–Trinajstić information content (AvgIpc) is 3.85. The van der Waals surface area contributed by atoms with Crippen molar-refractivity contribution >= 4 is 45.5 Å². The summed E-state index contributed by atoms with van der Waals surface area (Å²) in [5, 5.41) is 0. The van der Waals surface area contributed by atoms with E-state index in [2.05, 4.69) is 201 Å². The molecule has 8 rings (SSSR count). The van der Waals surface area contributed by atoms with E-state index < -0.39 is 0 Å². The van der Waals surface area contributed by atoms with Crippen LogP contribution in [0.5, 0.6) is 0 Å². The molecule has 8 nitrogen and oxygen atoms in total. The van der Waals surface area contributed by atoms with Gasteiger partial charge in [-0.1, -0.05) is 109 Å². The summed E-state index contributed by atoms with van der Waals surface area (Å²) in [4.78, 5) is 31.4. The number of anilines is 8. The van der Waals surface area contributed by atoms with Crippen LogP contribution >= 0.6 is 0 Å². The van der Waals surface area contributed by atoms with Crippen molar-refractivity contribution in [2.45, 2.75) is 171 Å². The molecule has 2 unspecified atom stereocenters. The highest BCUT2D eigenvalue weighted by atomic mass is 15.5. The molecular weight excluding hydrogens is 809 g/mol. The molecule has 0 aliphatic carbocycles.